The lowest BCUT2D eigenvalue weighted by Gasteiger charge is -2.35. The van der Waals surface area contributed by atoms with E-state index in [0.29, 0.717) is 23.6 Å². The first-order valence-corrected chi connectivity index (χ1v) is 12.6. The molecule has 4 rings (SSSR count). The number of carboxylic acid groups (broad SMARTS) is 1. The lowest BCUT2D eigenvalue weighted by molar-refractivity contribution is -0.192. The molecule has 2 aliphatic rings. The van der Waals surface area contributed by atoms with Crippen molar-refractivity contribution in [1.29, 1.82) is 0 Å². The lowest BCUT2D eigenvalue weighted by Crippen LogP contribution is -2.45. The van der Waals surface area contributed by atoms with Crippen LogP contribution >= 0.6 is 0 Å². The van der Waals surface area contributed by atoms with Gasteiger partial charge >= 0.3 is 12.1 Å². The van der Waals surface area contributed by atoms with Crippen LogP contribution in [0.1, 0.15) is 26.7 Å². The van der Waals surface area contributed by atoms with Gasteiger partial charge in [-0.15, -0.1) is 0 Å². The molecular weight excluding hydrogens is 505 g/mol. The number of carbonyl (C=O) groups is 1. The standard InChI is InChI=1S/C23H36N6O2.C2HF3O2/c1-16(2)28-8-6-17(7-9-28)24-22-18-14-20(30-4)21(31-5)15-19(18)25-23(26-22)29-12-10-27(3)11-13-29;3-2(4,5)1(6)7/h14-17H,6-13H2,1-5H3,(H,24,25,26);(H,6,7). The smallest absolute Gasteiger partial charge is 0.490 e. The molecule has 2 N–H and O–H groups in total. The van der Waals surface area contributed by atoms with Gasteiger partial charge in [0.15, 0.2) is 11.5 Å². The minimum Gasteiger partial charge on any atom is -0.493 e. The van der Waals surface area contributed by atoms with Gasteiger partial charge in [-0.25, -0.2) is 9.78 Å². The zero-order valence-corrected chi connectivity index (χ0v) is 22.5. The summed E-state index contributed by atoms with van der Waals surface area (Å²) < 4.78 is 42.8. The summed E-state index contributed by atoms with van der Waals surface area (Å²) in [5, 5.41) is 11.8. The maximum atomic E-state index is 10.6. The minimum atomic E-state index is -5.08. The van der Waals surface area contributed by atoms with Crippen LogP contribution < -0.4 is 19.7 Å². The number of hydrogen-bond acceptors (Lipinski definition) is 9. The number of likely N-dealkylation sites (tertiary alicyclic amines) is 1. The number of methoxy groups -OCH3 is 2. The average Bonchev–Trinajstić information content (AvgIpc) is 2.88. The number of ether oxygens (including phenoxy) is 2. The number of aliphatic carboxylic acids is 1. The second-order valence-electron chi connectivity index (χ2n) is 9.74. The quantitative estimate of drug-likeness (QED) is 0.565. The van der Waals surface area contributed by atoms with E-state index < -0.39 is 12.1 Å². The molecule has 13 heteroatoms. The Labute approximate surface area is 220 Å². The Hall–Kier alpha value is -3.06. The van der Waals surface area contributed by atoms with Gasteiger partial charge < -0.3 is 34.6 Å². The first-order valence-electron chi connectivity index (χ1n) is 12.6. The van der Waals surface area contributed by atoms with E-state index >= 15 is 0 Å². The third-order valence-corrected chi connectivity index (χ3v) is 6.82. The Morgan fingerprint density at radius 1 is 1.03 bits per heavy atom. The van der Waals surface area contributed by atoms with Crippen molar-refractivity contribution in [2.24, 2.45) is 0 Å². The Kier molecular flexibility index (Phi) is 9.82. The molecule has 0 saturated carbocycles. The van der Waals surface area contributed by atoms with E-state index in [1.807, 2.05) is 12.1 Å². The van der Waals surface area contributed by atoms with Crippen LogP contribution in [0.25, 0.3) is 10.9 Å². The molecule has 212 valence electrons. The van der Waals surface area contributed by atoms with Gasteiger partial charge in [0.2, 0.25) is 5.95 Å². The highest BCUT2D eigenvalue weighted by atomic mass is 19.4. The Morgan fingerprint density at radius 3 is 2.08 bits per heavy atom. The molecular formula is C25H37F3N6O4. The van der Waals surface area contributed by atoms with Crippen LogP contribution in [0.2, 0.25) is 0 Å². The van der Waals surface area contributed by atoms with Crippen LogP contribution in [0.15, 0.2) is 12.1 Å². The van der Waals surface area contributed by atoms with E-state index in [1.165, 1.54) is 0 Å². The molecule has 0 bridgehead atoms. The third kappa shape index (κ3) is 7.50. The topological polar surface area (TPSA) is 103 Å². The first-order chi connectivity index (χ1) is 17.9. The van der Waals surface area contributed by atoms with E-state index in [9.17, 15) is 13.2 Å². The van der Waals surface area contributed by atoms with E-state index in [0.717, 1.165) is 74.8 Å². The number of benzene rings is 1. The summed E-state index contributed by atoms with van der Waals surface area (Å²) in [7, 11) is 5.48. The van der Waals surface area contributed by atoms with Gasteiger partial charge in [-0.1, -0.05) is 0 Å². The zero-order valence-electron chi connectivity index (χ0n) is 22.5. The molecule has 10 nitrogen and oxygen atoms in total. The van der Waals surface area contributed by atoms with Crippen LogP contribution in [0, 0.1) is 0 Å². The molecule has 2 fully saturated rings. The molecule has 1 aromatic carbocycles. The predicted octanol–water partition coefficient (Wildman–Crippen LogP) is 3.32. The molecule has 1 aromatic heterocycles. The van der Waals surface area contributed by atoms with Gasteiger partial charge in [0.05, 0.1) is 19.7 Å². The summed E-state index contributed by atoms with van der Waals surface area (Å²) in [5.74, 6) is 0.308. The van der Waals surface area contributed by atoms with E-state index in [1.54, 1.807) is 14.2 Å². The van der Waals surface area contributed by atoms with Crippen molar-refractivity contribution in [2.45, 2.75) is 44.9 Å². The highest BCUT2D eigenvalue weighted by molar-refractivity contribution is 5.93. The molecule has 0 aliphatic carbocycles. The number of aromatic nitrogens is 2. The lowest BCUT2D eigenvalue weighted by atomic mass is 10.0. The van der Waals surface area contributed by atoms with Crippen molar-refractivity contribution in [2.75, 3.05) is 70.8 Å². The van der Waals surface area contributed by atoms with Crippen molar-refractivity contribution in [3.63, 3.8) is 0 Å². The summed E-state index contributed by atoms with van der Waals surface area (Å²) in [4.78, 5) is 26.0. The van der Waals surface area contributed by atoms with Crippen LogP contribution in [0.3, 0.4) is 0 Å². The fourth-order valence-corrected chi connectivity index (χ4v) is 4.45. The molecule has 0 amide bonds. The summed E-state index contributed by atoms with van der Waals surface area (Å²) in [5.41, 5.74) is 0.878. The Balaban J connectivity index is 0.000000505. The van der Waals surface area contributed by atoms with Crippen LogP contribution in [0.4, 0.5) is 24.9 Å². The van der Waals surface area contributed by atoms with Crippen LogP contribution in [-0.4, -0.2) is 110 Å². The van der Waals surface area contributed by atoms with E-state index in [4.69, 9.17) is 29.3 Å². The van der Waals surface area contributed by atoms with Gasteiger partial charge in [0, 0.05) is 62.8 Å². The average molecular weight is 543 g/mol. The van der Waals surface area contributed by atoms with Crippen molar-refractivity contribution >= 4 is 28.6 Å². The fourth-order valence-electron chi connectivity index (χ4n) is 4.45. The number of nitrogens with one attached hydrogen (secondary N) is 1. The number of anilines is 2. The van der Waals surface area contributed by atoms with E-state index in [2.05, 4.69) is 40.9 Å². The molecule has 3 heterocycles. The Bertz CT molecular complexity index is 1080. The van der Waals surface area contributed by atoms with Crippen molar-refractivity contribution in [3.8, 4) is 11.5 Å². The Morgan fingerprint density at radius 2 is 1.58 bits per heavy atom. The number of piperazine rings is 1. The molecule has 38 heavy (non-hydrogen) atoms. The second kappa shape index (κ2) is 12.7. The highest BCUT2D eigenvalue weighted by Crippen LogP contribution is 2.35. The normalized spacial score (nSPS) is 17.8. The SMILES string of the molecule is COc1cc2nc(N3CCN(C)CC3)nc(NC3CCN(C(C)C)CC3)c2cc1OC.O=C(O)C(F)(F)F. The molecule has 0 atom stereocenters. The molecule has 2 aromatic rings. The summed E-state index contributed by atoms with van der Waals surface area (Å²) in [6.07, 6.45) is -2.86. The van der Waals surface area contributed by atoms with Crippen molar-refractivity contribution < 1.29 is 32.5 Å². The van der Waals surface area contributed by atoms with Crippen LogP contribution in [-0.2, 0) is 4.79 Å². The van der Waals surface area contributed by atoms with Crippen LogP contribution in [0.5, 0.6) is 11.5 Å². The maximum absolute atomic E-state index is 10.6. The number of likely N-dealkylation sites (N-methyl/N-ethyl adjacent to an activating group) is 1. The second-order valence-corrected chi connectivity index (χ2v) is 9.74. The molecule has 0 radical (unpaired) electrons. The number of carboxylic acids is 1. The minimum absolute atomic E-state index is 0.404. The molecule has 2 saturated heterocycles. The number of rotatable bonds is 6. The summed E-state index contributed by atoms with van der Waals surface area (Å²) in [6.45, 7) is 10.7. The monoisotopic (exact) mass is 542 g/mol. The number of fused-ring (bicyclic) bond motifs is 1. The number of nitrogens with zero attached hydrogens (tertiary/aromatic N) is 5. The van der Waals surface area contributed by atoms with Gasteiger partial charge in [-0.05, 0) is 39.8 Å². The number of alkyl halides is 3. The summed E-state index contributed by atoms with van der Waals surface area (Å²) >= 11 is 0. The number of hydrogen-bond donors (Lipinski definition) is 2. The summed E-state index contributed by atoms with van der Waals surface area (Å²) in [6, 6.07) is 4.96. The van der Waals surface area contributed by atoms with Gasteiger partial charge in [-0.3, -0.25) is 0 Å². The number of halogens is 3. The van der Waals surface area contributed by atoms with Gasteiger partial charge in [0.25, 0.3) is 0 Å². The molecule has 0 unspecified atom stereocenters. The van der Waals surface area contributed by atoms with Crippen molar-refractivity contribution in [3.05, 3.63) is 12.1 Å². The number of piperidine rings is 1. The zero-order chi connectivity index (χ0) is 28.0. The maximum Gasteiger partial charge on any atom is 0.490 e. The first kappa shape index (κ1) is 29.5. The molecule has 2 aliphatic heterocycles. The highest BCUT2D eigenvalue weighted by Gasteiger charge is 2.38. The predicted molar refractivity (Wildman–Crippen MR) is 139 cm³/mol. The van der Waals surface area contributed by atoms with E-state index in [-0.39, 0.29) is 0 Å². The van der Waals surface area contributed by atoms with Gasteiger partial charge in [0.1, 0.15) is 5.82 Å². The van der Waals surface area contributed by atoms with Gasteiger partial charge in [-0.2, -0.15) is 18.2 Å². The fraction of sp³-hybridized carbons (Fsp3) is 0.640. The largest absolute Gasteiger partial charge is 0.493 e. The molecule has 0 spiro atoms. The third-order valence-electron chi connectivity index (χ3n) is 6.82. The van der Waals surface area contributed by atoms with Crippen molar-refractivity contribution in [1.82, 2.24) is 19.8 Å².